The van der Waals surface area contributed by atoms with E-state index in [4.69, 9.17) is 21.1 Å². The van der Waals surface area contributed by atoms with Crippen LogP contribution in [0.5, 0.6) is 17.2 Å². The van der Waals surface area contributed by atoms with Gasteiger partial charge in [0.2, 0.25) is 0 Å². The molecule has 11 heteroatoms. The zero-order valence-corrected chi connectivity index (χ0v) is 19.9. The molecule has 1 aliphatic heterocycles. The zero-order chi connectivity index (χ0) is 25.1. The summed E-state index contributed by atoms with van der Waals surface area (Å²) in [6, 6.07) is 10.3. The molecule has 0 unspecified atom stereocenters. The van der Waals surface area contributed by atoms with E-state index in [1.165, 1.54) is 28.8 Å². The molecule has 35 heavy (non-hydrogen) atoms. The van der Waals surface area contributed by atoms with Gasteiger partial charge in [-0.25, -0.2) is 4.79 Å². The molecule has 0 saturated heterocycles. The van der Waals surface area contributed by atoms with E-state index < -0.39 is 4.92 Å². The first-order valence-electron chi connectivity index (χ1n) is 10.9. The summed E-state index contributed by atoms with van der Waals surface area (Å²) in [5, 5.41) is 14.8. The van der Waals surface area contributed by atoms with Gasteiger partial charge in [0.1, 0.15) is 23.9 Å². The lowest BCUT2D eigenvalue weighted by molar-refractivity contribution is -0.384. The molecule has 0 spiro atoms. The number of hydrogen-bond acceptors (Lipinski definition) is 6. The van der Waals surface area contributed by atoms with Gasteiger partial charge in [-0.2, -0.15) is 0 Å². The summed E-state index contributed by atoms with van der Waals surface area (Å²) in [4.78, 5) is 37.6. The molecule has 3 aromatic rings. The number of aryl methyl sites for hydroxylation is 1. The van der Waals surface area contributed by atoms with E-state index in [1.54, 1.807) is 36.3 Å². The molecule has 4 rings (SSSR count). The number of nitro benzene ring substituents is 1. The van der Waals surface area contributed by atoms with Crippen molar-refractivity contribution in [1.82, 2.24) is 14.8 Å². The first kappa shape index (κ1) is 24.1. The second kappa shape index (κ2) is 10.1. The van der Waals surface area contributed by atoms with Crippen LogP contribution in [0.15, 0.2) is 53.5 Å². The van der Waals surface area contributed by atoms with E-state index in [0.29, 0.717) is 39.8 Å². The maximum Gasteiger partial charge on any atom is 0.317 e. The average Bonchev–Trinajstić information content (AvgIpc) is 2.81. The molecule has 182 valence electrons. The number of rotatable bonds is 2. The van der Waals surface area contributed by atoms with Crippen molar-refractivity contribution < 1.29 is 19.2 Å². The fourth-order valence-electron chi connectivity index (χ4n) is 3.74. The number of halogens is 1. The van der Waals surface area contributed by atoms with Gasteiger partial charge in [-0.1, -0.05) is 11.6 Å². The molecule has 10 nitrogen and oxygen atoms in total. The minimum atomic E-state index is -0.503. The van der Waals surface area contributed by atoms with Gasteiger partial charge in [0.15, 0.2) is 0 Å². The zero-order valence-electron chi connectivity index (χ0n) is 19.1. The lowest BCUT2D eigenvalue weighted by Crippen LogP contribution is -2.41. The van der Waals surface area contributed by atoms with Crippen LogP contribution in [-0.2, 0) is 13.6 Å². The number of amides is 2. The van der Waals surface area contributed by atoms with Crippen LogP contribution in [0.4, 0.5) is 10.5 Å². The molecule has 0 atom stereocenters. The quantitative estimate of drug-likeness (QED) is 0.415. The number of pyridine rings is 1. The van der Waals surface area contributed by atoms with Gasteiger partial charge in [-0.15, -0.1) is 0 Å². The summed E-state index contributed by atoms with van der Waals surface area (Å²) in [5.41, 5.74) is 1.01. The second-order valence-corrected chi connectivity index (χ2v) is 8.33. The fraction of sp³-hybridized carbons (Fsp3) is 0.250. The van der Waals surface area contributed by atoms with Crippen LogP contribution in [0.1, 0.15) is 12.5 Å². The summed E-state index contributed by atoms with van der Waals surface area (Å²) in [6.07, 6.45) is 1.54. The molecule has 1 aliphatic rings. The molecule has 0 bridgehead atoms. The topological polar surface area (TPSA) is 116 Å². The Morgan fingerprint density at radius 2 is 1.91 bits per heavy atom. The van der Waals surface area contributed by atoms with Crippen LogP contribution in [0.3, 0.4) is 0 Å². The lowest BCUT2D eigenvalue weighted by atomic mass is 10.0. The SMILES string of the molecule is CCNC(=O)N1CCOc2cc(=O)n(C)cc2-c2cc([N+](=O)[O-])ccc2Oc2ccc(Cl)cc2C1. The summed E-state index contributed by atoms with van der Waals surface area (Å²) in [7, 11) is 1.57. The Morgan fingerprint density at radius 3 is 2.66 bits per heavy atom. The van der Waals surface area contributed by atoms with Gasteiger partial charge in [-0.05, 0) is 31.2 Å². The highest BCUT2D eigenvalue weighted by molar-refractivity contribution is 6.30. The molecular weight excluding hydrogens is 476 g/mol. The van der Waals surface area contributed by atoms with E-state index >= 15 is 0 Å². The minimum Gasteiger partial charge on any atom is -0.491 e. The number of urea groups is 1. The van der Waals surface area contributed by atoms with Crippen molar-refractivity contribution >= 4 is 23.3 Å². The highest BCUT2D eigenvalue weighted by Crippen LogP contribution is 2.41. The van der Waals surface area contributed by atoms with Crippen molar-refractivity contribution in [3.8, 4) is 28.4 Å². The van der Waals surface area contributed by atoms with Gasteiger partial charge in [0, 0.05) is 59.7 Å². The van der Waals surface area contributed by atoms with Crippen LogP contribution in [-0.4, -0.2) is 40.1 Å². The molecule has 2 amide bonds. The highest BCUT2D eigenvalue weighted by Gasteiger charge is 2.23. The van der Waals surface area contributed by atoms with E-state index in [0.717, 1.165) is 0 Å². The van der Waals surface area contributed by atoms with Crippen molar-refractivity contribution in [3.05, 3.63) is 79.7 Å². The number of nitro groups is 1. The summed E-state index contributed by atoms with van der Waals surface area (Å²) in [6.45, 7) is 2.73. The number of carbonyl (C=O) groups excluding carboxylic acids is 1. The Morgan fingerprint density at radius 1 is 1.14 bits per heavy atom. The summed E-state index contributed by atoms with van der Waals surface area (Å²) < 4.78 is 13.5. The van der Waals surface area contributed by atoms with Crippen LogP contribution in [0, 0.1) is 10.1 Å². The Kier molecular flexibility index (Phi) is 6.92. The standard InChI is InChI=1S/C24H23ClN4O6/c1-3-26-24(31)28-8-9-34-22-12-23(30)27(2)14-19(22)18-11-17(29(32)33)5-7-21(18)35-20-6-4-16(25)10-15(20)13-28/h4-7,10-12,14H,3,8-9,13H2,1-2H3,(H,26,31). The van der Waals surface area contributed by atoms with E-state index in [2.05, 4.69) is 5.32 Å². The number of nitrogens with zero attached hydrogens (tertiary/aromatic N) is 3. The van der Waals surface area contributed by atoms with Crippen molar-refractivity contribution in [3.63, 3.8) is 0 Å². The van der Waals surface area contributed by atoms with Crippen LogP contribution in [0.2, 0.25) is 5.02 Å². The fourth-order valence-corrected chi connectivity index (χ4v) is 3.94. The predicted octanol–water partition coefficient (Wildman–Crippen LogP) is 4.33. The number of fused-ring (bicyclic) bond motifs is 4. The number of hydrogen-bond donors (Lipinski definition) is 1. The monoisotopic (exact) mass is 498 g/mol. The Bertz CT molecular complexity index is 1360. The number of non-ortho nitro benzene ring substituents is 1. The van der Waals surface area contributed by atoms with Crippen LogP contribution < -0.4 is 20.3 Å². The molecule has 2 aromatic carbocycles. The van der Waals surface area contributed by atoms with E-state index in [1.807, 2.05) is 6.92 Å². The maximum absolute atomic E-state index is 12.7. The first-order valence-corrected chi connectivity index (χ1v) is 11.3. The number of carbonyl (C=O) groups is 1. The normalized spacial score (nSPS) is 13.1. The number of aromatic nitrogens is 1. The molecule has 0 aliphatic carbocycles. The van der Waals surface area contributed by atoms with Gasteiger partial charge in [0.25, 0.3) is 11.2 Å². The van der Waals surface area contributed by atoms with Gasteiger partial charge in [0.05, 0.1) is 18.0 Å². The Labute approximate surface area is 205 Å². The molecule has 0 saturated carbocycles. The third-order valence-corrected chi connectivity index (χ3v) is 5.73. The van der Waals surface area contributed by atoms with Crippen LogP contribution in [0.25, 0.3) is 11.1 Å². The van der Waals surface area contributed by atoms with E-state index in [-0.39, 0.29) is 42.7 Å². The van der Waals surface area contributed by atoms with Crippen molar-refractivity contribution in [2.45, 2.75) is 13.5 Å². The lowest BCUT2D eigenvalue weighted by Gasteiger charge is -2.26. The molecule has 2 heterocycles. The Hall–Kier alpha value is -4.05. The Balaban J connectivity index is 1.92. The second-order valence-electron chi connectivity index (χ2n) is 7.90. The third kappa shape index (κ3) is 5.22. The van der Waals surface area contributed by atoms with Gasteiger partial charge >= 0.3 is 6.03 Å². The minimum absolute atomic E-state index is 0.0817. The highest BCUT2D eigenvalue weighted by atomic mass is 35.5. The van der Waals surface area contributed by atoms with Crippen molar-refractivity contribution in [2.75, 3.05) is 19.7 Å². The van der Waals surface area contributed by atoms with Crippen LogP contribution >= 0.6 is 11.6 Å². The maximum atomic E-state index is 12.7. The van der Waals surface area contributed by atoms with Crippen molar-refractivity contribution in [1.29, 1.82) is 0 Å². The molecule has 0 fully saturated rings. The molecular formula is C24H23ClN4O6. The number of benzene rings is 2. The summed E-state index contributed by atoms with van der Waals surface area (Å²) in [5.74, 6) is 0.977. The largest absolute Gasteiger partial charge is 0.491 e. The van der Waals surface area contributed by atoms with Gasteiger partial charge < -0.3 is 24.3 Å². The van der Waals surface area contributed by atoms with Gasteiger partial charge in [-0.3, -0.25) is 14.9 Å². The molecule has 1 N–H and O–H groups in total. The molecule has 1 aromatic heterocycles. The van der Waals surface area contributed by atoms with E-state index in [9.17, 15) is 19.7 Å². The number of ether oxygens (including phenoxy) is 2. The van der Waals surface area contributed by atoms with Crippen molar-refractivity contribution in [2.24, 2.45) is 7.05 Å². The first-order chi connectivity index (χ1) is 16.8. The number of nitrogens with one attached hydrogen (secondary N) is 1. The smallest absolute Gasteiger partial charge is 0.317 e. The third-order valence-electron chi connectivity index (χ3n) is 5.49. The predicted molar refractivity (Wildman–Crippen MR) is 130 cm³/mol. The molecule has 0 radical (unpaired) electrons. The summed E-state index contributed by atoms with van der Waals surface area (Å²) >= 11 is 6.24. The average molecular weight is 499 g/mol.